The van der Waals surface area contributed by atoms with Crippen molar-refractivity contribution in [2.24, 2.45) is 0 Å². The molecule has 0 bridgehead atoms. The number of nitrogens with zero attached hydrogens (tertiary/aromatic N) is 2. The van der Waals surface area contributed by atoms with Crippen molar-refractivity contribution in [3.63, 3.8) is 0 Å². The van der Waals surface area contributed by atoms with E-state index in [1.54, 1.807) is 0 Å². The molecule has 5 nitrogen and oxygen atoms in total. The zero-order valence-electron chi connectivity index (χ0n) is 10.7. The Kier molecular flexibility index (Phi) is 4.31. The largest absolute Gasteiger partial charge is 0.280 e. The monoisotopic (exact) mass is 310 g/mol. The van der Waals surface area contributed by atoms with Gasteiger partial charge in [0, 0.05) is 5.56 Å². The van der Waals surface area contributed by atoms with E-state index in [4.69, 9.17) is 0 Å². The van der Waals surface area contributed by atoms with Crippen molar-refractivity contribution in [2.45, 2.75) is 33.1 Å². The van der Waals surface area contributed by atoms with Crippen LogP contribution in [0.4, 0.5) is 13.2 Å². The van der Waals surface area contributed by atoms with E-state index in [1.807, 2.05) is 0 Å². The lowest BCUT2D eigenvalue weighted by Gasteiger charge is -2.12. The zero-order chi connectivity index (χ0) is 14.9. The molecule has 20 heavy (non-hydrogen) atoms. The lowest BCUT2D eigenvalue weighted by atomic mass is 10.0. The summed E-state index contributed by atoms with van der Waals surface area (Å²) in [5.74, 6) is 0. The molecule has 0 amide bonds. The van der Waals surface area contributed by atoms with E-state index in [0.717, 1.165) is 11.3 Å². The fraction of sp³-hybridized carbons (Fsp3) is 0.545. The molecular formula is C11H13F3N2O3S. The number of alkyl halides is 3. The summed E-state index contributed by atoms with van der Waals surface area (Å²) in [6.07, 6.45) is 0.874. The molecule has 0 N–H and O–H groups in total. The summed E-state index contributed by atoms with van der Waals surface area (Å²) < 4.78 is 65.7. The van der Waals surface area contributed by atoms with Crippen LogP contribution in [0.5, 0.6) is 0 Å². The van der Waals surface area contributed by atoms with Crippen LogP contribution in [0.15, 0.2) is 0 Å². The summed E-state index contributed by atoms with van der Waals surface area (Å²) in [5, 5.41) is 1.07. The van der Waals surface area contributed by atoms with Gasteiger partial charge in [0.15, 0.2) is 0 Å². The second-order valence-corrected chi connectivity index (χ2v) is 5.98. The number of hydrogen-bond donors (Lipinski definition) is 0. The van der Waals surface area contributed by atoms with Gasteiger partial charge in [-0.3, -0.25) is 4.98 Å². The van der Waals surface area contributed by atoms with Crippen LogP contribution in [-0.4, -0.2) is 24.7 Å². The number of halogens is 3. The molecule has 0 radical (unpaired) electrons. The smallest absolute Gasteiger partial charge is 0.253 e. The summed E-state index contributed by atoms with van der Waals surface area (Å²) in [7, 11) is -3.72. The molecule has 0 fully saturated rings. The molecule has 0 aromatic carbocycles. The minimum atomic E-state index is -3.72. The van der Waals surface area contributed by atoms with Crippen molar-refractivity contribution < 1.29 is 25.9 Å². The fourth-order valence-corrected chi connectivity index (χ4v) is 2.71. The maximum Gasteiger partial charge on any atom is 0.280 e. The third kappa shape index (κ3) is 2.94. The lowest BCUT2D eigenvalue weighted by Crippen LogP contribution is -2.21. The molecule has 1 aromatic rings. The molecule has 112 valence electrons. The Bertz CT molecular complexity index is 622. The first-order valence-corrected chi connectivity index (χ1v) is 7.56. The van der Waals surface area contributed by atoms with Crippen LogP contribution < -0.4 is 0 Å². The number of aromatic nitrogens is 1. The minimum Gasteiger partial charge on any atom is -0.253 e. The molecule has 0 saturated heterocycles. The third-order valence-corrected chi connectivity index (χ3v) is 3.47. The van der Waals surface area contributed by atoms with Gasteiger partial charge < -0.3 is 0 Å². The van der Waals surface area contributed by atoms with Gasteiger partial charge in [0.1, 0.15) is 20.0 Å². The van der Waals surface area contributed by atoms with Gasteiger partial charge in [-0.2, -0.15) is 17.8 Å². The van der Waals surface area contributed by atoms with Gasteiger partial charge in [-0.05, 0) is 11.1 Å². The van der Waals surface area contributed by atoms with Gasteiger partial charge in [0.25, 0.3) is 10.1 Å². The molecule has 1 aromatic heterocycles. The van der Waals surface area contributed by atoms with Crippen LogP contribution in [0.25, 0.3) is 0 Å². The van der Waals surface area contributed by atoms with E-state index in [0.29, 0.717) is 11.3 Å². The highest BCUT2D eigenvalue weighted by Gasteiger charge is 2.29. The van der Waals surface area contributed by atoms with Crippen LogP contribution in [-0.2, 0) is 47.5 Å². The topological polar surface area (TPSA) is 59.5 Å². The second kappa shape index (κ2) is 5.66. The highest BCUT2D eigenvalue weighted by molar-refractivity contribution is 7.85. The first-order valence-electron chi connectivity index (χ1n) is 5.74. The predicted molar refractivity (Wildman–Crippen MR) is 63.8 cm³/mol. The molecule has 2 heterocycles. The first kappa shape index (κ1) is 15.2. The highest BCUT2D eigenvalue weighted by atomic mass is 32.2. The van der Waals surface area contributed by atoms with E-state index in [2.05, 4.69) is 9.27 Å². The first-order chi connectivity index (χ1) is 9.39. The van der Waals surface area contributed by atoms with E-state index in [9.17, 15) is 21.6 Å². The van der Waals surface area contributed by atoms with Gasteiger partial charge in [0.2, 0.25) is 0 Å². The van der Waals surface area contributed by atoms with Crippen molar-refractivity contribution >= 4 is 10.1 Å². The SMILES string of the molecule is CS(=O)(=O)ON1Cc2nc(CF)c(CF)c(CF)c2C1. The summed E-state index contributed by atoms with van der Waals surface area (Å²) in [5.41, 5.74) is 0.451. The molecular weight excluding hydrogens is 297 g/mol. The van der Waals surface area contributed by atoms with Crippen molar-refractivity contribution in [3.8, 4) is 0 Å². The maximum absolute atomic E-state index is 13.1. The summed E-state index contributed by atoms with van der Waals surface area (Å²) in [4.78, 5) is 3.93. The molecule has 0 spiro atoms. The number of hydrogen-bond acceptors (Lipinski definition) is 5. The van der Waals surface area contributed by atoms with Gasteiger partial charge in [-0.25, -0.2) is 13.2 Å². The van der Waals surface area contributed by atoms with Crippen molar-refractivity contribution in [1.82, 2.24) is 10.0 Å². The number of hydroxylamine groups is 2. The van der Waals surface area contributed by atoms with Crippen molar-refractivity contribution in [1.29, 1.82) is 0 Å². The second-order valence-electron chi connectivity index (χ2n) is 4.42. The molecule has 0 unspecified atom stereocenters. The van der Waals surface area contributed by atoms with E-state index in [-0.39, 0.29) is 29.9 Å². The van der Waals surface area contributed by atoms with E-state index >= 15 is 0 Å². The van der Waals surface area contributed by atoms with Gasteiger partial charge in [0.05, 0.1) is 30.7 Å². The highest BCUT2D eigenvalue weighted by Crippen LogP contribution is 2.30. The van der Waals surface area contributed by atoms with Gasteiger partial charge in [-0.15, -0.1) is 0 Å². The van der Waals surface area contributed by atoms with Gasteiger partial charge >= 0.3 is 0 Å². The maximum atomic E-state index is 13.1. The Morgan fingerprint density at radius 2 is 1.80 bits per heavy atom. The summed E-state index contributed by atoms with van der Waals surface area (Å²) in [6, 6.07) is 0. The molecule has 1 aliphatic rings. The molecule has 0 aliphatic carbocycles. The quantitative estimate of drug-likeness (QED) is 0.828. The molecule has 2 rings (SSSR count). The average Bonchev–Trinajstić information content (AvgIpc) is 2.75. The Morgan fingerprint density at radius 3 is 2.30 bits per heavy atom. The van der Waals surface area contributed by atoms with Crippen LogP contribution >= 0.6 is 0 Å². The van der Waals surface area contributed by atoms with Gasteiger partial charge in [-0.1, -0.05) is 0 Å². The zero-order valence-corrected chi connectivity index (χ0v) is 11.5. The summed E-state index contributed by atoms with van der Waals surface area (Å²) >= 11 is 0. The Balaban J connectivity index is 2.41. The molecule has 9 heteroatoms. The predicted octanol–water partition coefficient (Wildman–Crippen LogP) is 1.70. The van der Waals surface area contributed by atoms with Crippen LogP contribution in [0, 0.1) is 0 Å². The Morgan fingerprint density at radius 1 is 1.15 bits per heavy atom. The van der Waals surface area contributed by atoms with E-state index < -0.39 is 30.1 Å². The number of rotatable bonds is 5. The molecule has 0 atom stereocenters. The van der Waals surface area contributed by atoms with Crippen molar-refractivity contribution in [2.75, 3.05) is 6.26 Å². The minimum absolute atomic E-state index is 0.0189. The van der Waals surface area contributed by atoms with Crippen LogP contribution in [0.2, 0.25) is 0 Å². The Labute approximate surface area is 114 Å². The number of pyridine rings is 1. The standard InChI is InChI=1S/C11H13F3N2O3S/c1-20(17,18)19-16-5-9-7(2-12)8(3-13)10(4-14)15-11(9)6-16/h2-6H2,1H3. The van der Waals surface area contributed by atoms with Crippen LogP contribution in [0.3, 0.4) is 0 Å². The van der Waals surface area contributed by atoms with E-state index in [1.165, 1.54) is 0 Å². The lowest BCUT2D eigenvalue weighted by molar-refractivity contribution is -0.0568. The number of fused-ring (bicyclic) bond motifs is 1. The van der Waals surface area contributed by atoms with Crippen LogP contribution in [0.1, 0.15) is 28.1 Å². The summed E-state index contributed by atoms with van der Waals surface area (Å²) in [6.45, 7) is -3.05. The average molecular weight is 310 g/mol. The molecule has 0 saturated carbocycles. The van der Waals surface area contributed by atoms with Crippen molar-refractivity contribution in [3.05, 3.63) is 28.1 Å². The normalized spacial score (nSPS) is 15.6. The molecule has 1 aliphatic heterocycles. The fourth-order valence-electron chi connectivity index (χ4n) is 2.22. The third-order valence-electron chi connectivity index (χ3n) is 2.99. The Hall–Kier alpha value is -1.19.